The molecule has 0 radical (unpaired) electrons. The van der Waals surface area contributed by atoms with Gasteiger partial charge in [0.1, 0.15) is 17.1 Å². The number of amides is 1. The molecule has 0 saturated heterocycles. The molecule has 1 aromatic rings. The molecule has 9 heteroatoms. The molecule has 25 heavy (non-hydrogen) atoms. The number of nitrogen functional groups attached to an aromatic ring is 1. The fraction of sp³-hybridized carbons (Fsp3) is 0.688. The zero-order valence-corrected chi connectivity index (χ0v) is 15.6. The summed E-state index contributed by atoms with van der Waals surface area (Å²) >= 11 is 0. The number of ether oxygens (including phenoxy) is 1. The van der Waals surface area contributed by atoms with Crippen molar-refractivity contribution in [3.8, 4) is 0 Å². The molecule has 1 rings (SSSR count). The molecule has 9 nitrogen and oxygen atoms in total. The standard InChI is InChI=1S/C16H29N5O4/c1-6-7-10-21-12(17)11(13(22)20(5)15(21)24)18-8-9-19-14(23)25-16(2,3)4/h18H,6-10,17H2,1-5H3,(H,19,23). The molecule has 1 heterocycles. The first kappa shape index (κ1) is 20.6. The van der Waals surface area contributed by atoms with Crippen LogP contribution in [0, 0.1) is 0 Å². The number of anilines is 2. The third-order valence-electron chi connectivity index (χ3n) is 3.41. The van der Waals surface area contributed by atoms with Crippen LogP contribution < -0.4 is 27.6 Å². The average Bonchev–Trinajstić information content (AvgIpc) is 2.50. The van der Waals surface area contributed by atoms with E-state index >= 15 is 0 Å². The van der Waals surface area contributed by atoms with E-state index in [-0.39, 0.29) is 24.6 Å². The highest BCUT2D eigenvalue weighted by Gasteiger charge is 2.17. The van der Waals surface area contributed by atoms with Gasteiger partial charge in [0.25, 0.3) is 5.56 Å². The quantitative estimate of drug-likeness (QED) is 0.624. The molecule has 0 bridgehead atoms. The topological polar surface area (TPSA) is 120 Å². The summed E-state index contributed by atoms with van der Waals surface area (Å²) in [7, 11) is 1.41. The Bertz CT molecular complexity index is 715. The summed E-state index contributed by atoms with van der Waals surface area (Å²) in [6.45, 7) is 8.28. The van der Waals surface area contributed by atoms with E-state index < -0.39 is 22.9 Å². The summed E-state index contributed by atoms with van der Waals surface area (Å²) in [5.74, 6) is 0.110. The maximum absolute atomic E-state index is 12.2. The molecule has 0 aliphatic heterocycles. The molecule has 1 aromatic heterocycles. The number of nitrogens with one attached hydrogen (secondary N) is 2. The number of rotatable bonds is 7. The van der Waals surface area contributed by atoms with Gasteiger partial charge in [-0.25, -0.2) is 9.59 Å². The highest BCUT2D eigenvalue weighted by molar-refractivity contribution is 5.67. The second kappa shape index (κ2) is 8.59. The Labute approximate surface area is 147 Å². The van der Waals surface area contributed by atoms with E-state index in [2.05, 4.69) is 10.6 Å². The molecule has 1 amide bonds. The van der Waals surface area contributed by atoms with Gasteiger partial charge >= 0.3 is 11.8 Å². The van der Waals surface area contributed by atoms with Gasteiger partial charge in [-0.05, 0) is 27.2 Å². The molecule has 0 aliphatic rings. The summed E-state index contributed by atoms with van der Waals surface area (Å²) in [5.41, 5.74) is 4.65. The van der Waals surface area contributed by atoms with Crippen LogP contribution >= 0.6 is 0 Å². The normalized spacial score (nSPS) is 11.2. The second-order valence-corrected chi connectivity index (χ2v) is 6.77. The monoisotopic (exact) mass is 355 g/mol. The molecular formula is C16H29N5O4. The molecular weight excluding hydrogens is 326 g/mol. The van der Waals surface area contributed by atoms with Crippen molar-refractivity contribution in [2.24, 2.45) is 7.05 Å². The van der Waals surface area contributed by atoms with Crippen molar-refractivity contribution in [3.05, 3.63) is 20.8 Å². The van der Waals surface area contributed by atoms with Gasteiger partial charge in [-0.1, -0.05) is 13.3 Å². The maximum atomic E-state index is 12.2. The Morgan fingerprint density at radius 1 is 1.24 bits per heavy atom. The SMILES string of the molecule is CCCCn1c(N)c(NCCNC(=O)OC(C)(C)C)c(=O)n(C)c1=O. The molecule has 0 saturated carbocycles. The fourth-order valence-corrected chi connectivity index (χ4v) is 2.15. The van der Waals surface area contributed by atoms with Crippen molar-refractivity contribution >= 4 is 17.6 Å². The smallest absolute Gasteiger partial charge is 0.407 e. The minimum absolute atomic E-state index is 0.110. The Balaban J connectivity index is 2.79. The van der Waals surface area contributed by atoms with Crippen LogP contribution in [-0.4, -0.2) is 33.9 Å². The second-order valence-electron chi connectivity index (χ2n) is 6.77. The predicted octanol–water partition coefficient (Wildman–Crippen LogP) is 0.866. The molecule has 0 fully saturated rings. The van der Waals surface area contributed by atoms with E-state index in [1.807, 2.05) is 6.92 Å². The fourth-order valence-electron chi connectivity index (χ4n) is 2.15. The van der Waals surface area contributed by atoms with Crippen LogP contribution in [0.5, 0.6) is 0 Å². The Morgan fingerprint density at radius 2 is 1.88 bits per heavy atom. The van der Waals surface area contributed by atoms with Gasteiger partial charge in [0.05, 0.1) is 0 Å². The molecule has 0 spiro atoms. The third kappa shape index (κ3) is 5.84. The lowest BCUT2D eigenvalue weighted by Crippen LogP contribution is -2.41. The first-order chi connectivity index (χ1) is 11.6. The Hall–Kier alpha value is -2.45. The highest BCUT2D eigenvalue weighted by atomic mass is 16.6. The van der Waals surface area contributed by atoms with Crippen LogP contribution in [0.25, 0.3) is 0 Å². The van der Waals surface area contributed by atoms with Gasteiger partial charge in [-0.3, -0.25) is 13.9 Å². The van der Waals surface area contributed by atoms with Crippen LogP contribution in [0.2, 0.25) is 0 Å². The van der Waals surface area contributed by atoms with E-state index in [1.54, 1.807) is 20.8 Å². The van der Waals surface area contributed by atoms with Crippen molar-refractivity contribution in [3.63, 3.8) is 0 Å². The van der Waals surface area contributed by atoms with Gasteiger partial charge in [0.15, 0.2) is 0 Å². The molecule has 0 aromatic carbocycles. The predicted molar refractivity (Wildman–Crippen MR) is 98.0 cm³/mol. The molecule has 4 N–H and O–H groups in total. The number of unbranched alkanes of at least 4 members (excludes halogenated alkanes) is 1. The summed E-state index contributed by atoms with van der Waals surface area (Å²) in [6.07, 6.45) is 1.14. The van der Waals surface area contributed by atoms with E-state index in [0.29, 0.717) is 6.54 Å². The highest BCUT2D eigenvalue weighted by Crippen LogP contribution is 2.11. The Kier molecular flexibility index (Phi) is 7.08. The summed E-state index contributed by atoms with van der Waals surface area (Å²) in [4.78, 5) is 36.0. The van der Waals surface area contributed by atoms with E-state index in [4.69, 9.17) is 10.5 Å². The van der Waals surface area contributed by atoms with Crippen LogP contribution in [-0.2, 0) is 18.3 Å². The number of carbonyl (C=O) groups excluding carboxylic acids is 1. The Morgan fingerprint density at radius 3 is 2.44 bits per heavy atom. The summed E-state index contributed by atoms with van der Waals surface area (Å²) in [5, 5.41) is 5.48. The van der Waals surface area contributed by atoms with Crippen molar-refractivity contribution in [2.45, 2.75) is 52.7 Å². The zero-order valence-electron chi connectivity index (χ0n) is 15.6. The van der Waals surface area contributed by atoms with Crippen molar-refractivity contribution in [1.29, 1.82) is 0 Å². The number of hydrogen-bond donors (Lipinski definition) is 3. The summed E-state index contributed by atoms with van der Waals surface area (Å²) in [6, 6.07) is 0. The molecule has 0 unspecified atom stereocenters. The molecule has 142 valence electrons. The lowest BCUT2D eigenvalue weighted by Gasteiger charge is -2.20. The lowest BCUT2D eigenvalue weighted by atomic mass is 10.2. The molecule has 0 aliphatic carbocycles. The number of hydrogen-bond acceptors (Lipinski definition) is 6. The number of aromatic nitrogens is 2. The van der Waals surface area contributed by atoms with Crippen molar-refractivity contribution in [1.82, 2.24) is 14.5 Å². The van der Waals surface area contributed by atoms with Gasteiger partial charge in [-0.15, -0.1) is 0 Å². The summed E-state index contributed by atoms with van der Waals surface area (Å²) < 4.78 is 7.53. The van der Waals surface area contributed by atoms with Gasteiger partial charge in [0, 0.05) is 26.7 Å². The van der Waals surface area contributed by atoms with E-state index in [9.17, 15) is 14.4 Å². The average molecular weight is 355 g/mol. The van der Waals surface area contributed by atoms with Crippen LogP contribution in [0.3, 0.4) is 0 Å². The number of carbonyl (C=O) groups is 1. The van der Waals surface area contributed by atoms with Crippen LogP contribution in [0.15, 0.2) is 9.59 Å². The van der Waals surface area contributed by atoms with Gasteiger partial charge in [-0.2, -0.15) is 0 Å². The lowest BCUT2D eigenvalue weighted by molar-refractivity contribution is 0.0530. The maximum Gasteiger partial charge on any atom is 0.407 e. The largest absolute Gasteiger partial charge is 0.444 e. The number of nitrogens with zero attached hydrogens (tertiary/aromatic N) is 2. The van der Waals surface area contributed by atoms with E-state index in [0.717, 1.165) is 17.4 Å². The van der Waals surface area contributed by atoms with Crippen LogP contribution in [0.4, 0.5) is 16.3 Å². The number of nitrogens with two attached hydrogens (primary N) is 1. The van der Waals surface area contributed by atoms with Crippen molar-refractivity contribution in [2.75, 3.05) is 24.1 Å². The third-order valence-corrected chi connectivity index (χ3v) is 3.41. The van der Waals surface area contributed by atoms with Crippen molar-refractivity contribution < 1.29 is 9.53 Å². The van der Waals surface area contributed by atoms with Crippen LogP contribution in [0.1, 0.15) is 40.5 Å². The zero-order chi connectivity index (χ0) is 19.2. The van der Waals surface area contributed by atoms with Gasteiger partial charge < -0.3 is 21.1 Å². The first-order valence-corrected chi connectivity index (χ1v) is 8.38. The first-order valence-electron chi connectivity index (χ1n) is 8.38. The number of alkyl carbamates (subject to hydrolysis) is 1. The molecule has 0 atom stereocenters. The van der Waals surface area contributed by atoms with Gasteiger partial charge in [0.2, 0.25) is 0 Å². The van der Waals surface area contributed by atoms with E-state index in [1.165, 1.54) is 11.6 Å². The minimum Gasteiger partial charge on any atom is -0.444 e. The minimum atomic E-state index is -0.577.